The number of carbonyl (C=O) groups excluding carboxylic acids is 1. The Hall–Kier alpha value is -3.75. The topological polar surface area (TPSA) is 108 Å². The predicted molar refractivity (Wildman–Crippen MR) is 120 cm³/mol. The molecule has 2 aromatic heterocycles. The highest BCUT2D eigenvalue weighted by Gasteiger charge is 2.26. The molecule has 0 aliphatic carbocycles. The summed E-state index contributed by atoms with van der Waals surface area (Å²) >= 11 is 0. The number of aromatic nitrogens is 2. The number of carboxylic acids is 1. The Kier molecular flexibility index (Phi) is 5.65. The number of fused-ring (bicyclic) bond motifs is 1. The SMILES string of the molecule is CC(C)(C)OC(=O)N1CCN(c2ccc(C(=O)O)c(Oc3cnc4[nH]ccc4c3)c2)CC1. The number of nitrogens with zero attached hydrogens (tertiary/aromatic N) is 3. The van der Waals surface area contributed by atoms with Gasteiger partial charge in [0.15, 0.2) is 0 Å². The number of piperazine rings is 1. The molecule has 0 saturated carbocycles. The van der Waals surface area contributed by atoms with E-state index in [2.05, 4.69) is 14.9 Å². The lowest BCUT2D eigenvalue weighted by molar-refractivity contribution is 0.0240. The molecule has 168 valence electrons. The number of carboxylic acid groups (broad SMARTS) is 1. The molecule has 0 atom stereocenters. The van der Waals surface area contributed by atoms with Crippen molar-refractivity contribution in [1.82, 2.24) is 14.9 Å². The summed E-state index contributed by atoms with van der Waals surface area (Å²) in [6, 6.07) is 8.68. The van der Waals surface area contributed by atoms with Crippen LogP contribution in [0.25, 0.3) is 11.0 Å². The minimum atomic E-state index is -1.07. The van der Waals surface area contributed by atoms with Crippen LogP contribution in [0.5, 0.6) is 11.5 Å². The number of amides is 1. The highest BCUT2D eigenvalue weighted by Crippen LogP contribution is 2.31. The van der Waals surface area contributed by atoms with Crippen LogP contribution in [0.15, 0.2) is 42.7 Å². The predicted octanol–water partition coefficient (Wildman–Crippen LogP) is 4.11. The highest BCUT2D eigenvalue weighted by molar-refractivity contribution is 5.92. The molecule has 0 radical (unpaired) electrons. The van der Waals surface area contributed by atoms with E-state index in [0.717, 1.165) is 16.7 Å². The first-order valence-electron chi connectivity index (χ1n) is 10.4. The van der Waals surface area contributed by atoms with Gasteiger partial charge in [-0.2, -0.15) is 0 Å². The molecule has 1 saturated heterocycles. The second-order valence-corrected chi connectivity index (χ2v) is 8.63. The number of ether oxygens (including phenoxy) is 2. The average Bonchev–Trinajstić information content (AvgIpc) is 3.20. The number of H-pyrrole nitrogens is 1. The number of pyridine rings is 1. The fraction of sp³-hybridized carbons (Fsp3) is 0.348. The molecule has 1 aliphatic heterocycles. The van der Waals surface area contributed by atoms with Gasteiger partial charge in [-0.1, -0.05) is 0 Å². The Bertz CT molecular complexity index is 1140. The number of aromatic carboxylic acids is 1. The van der Waals surface area contributed by atoms with E-state index in [4.69, 9.17) is 9.47 Å². The van der Waals surface area contributed by atoms with Crippen LogP contribution in [0.3, 0.4) is 0 Å². The van der Waals surface area contributed by atoms with Gasteiger partial charge in [0, 0.05) is 49.5 Å². The Morgan fingerprint density at radius 3 is 2.53 bits per heavy atom. The van der Waals surface area contributed by atoms with Crippen LogP contribution in [-0.4, -0.2) is 63.8 Å². The molecule has 2 N–H and O–H groups in total. The first-order chi connectivity index (χ1) is 15.2. The third-order valence-electron chi connectivity index (χ3n) is 5.09. The number of nitrogens with one attached hydrogen (secondary N) is 1. The molecule has 4 rings (SSSR count). The zero-order valence-corrected chi connectivity index (χ0v) is 18.3. The summed E-state index contributed by atoms with van der Waals surface area (Å²) in [5, 5.41) is 10.5. The summed E-state index contributed by atoms with van der Waals surface area (Å²) in [5.74, 6) is -0.385. The first kappa shape index (κ1) is 21.5. The van der Waals surface area contributed by atoms with Gasteiger partial charge >= 0.3 is 12.1 Å². The smallest absolute Gasteiger partial charge is 0.410 e. The molecule has 9 heteroatoms. The molecular weight excluding hydrogens is 412 g/mol. The number of aromatic amines is 1. The lowest BCUT2D eigenvalue weighted by atomic mass is 10.1. The minimum absolute atomic E-state index is 0.0651. The van der Waals surface area contributed by atoms with Crippen LogP contribution in [0, 0.1) is 0 Å². The lowest BCUT2D eigenvalue weighted by Gasteiger charge is -2.36. The third kappa shape index (κ3) is 4.77. The van der Waals surface area contributed by atoms with Gasteiger partial charge in [0.05, 0.1) is 6.20 Å². The van der Waals surface area contributed by atoms with Crippen molar-refractivity contribution in [2.24, 2.45) is 0 Å². The monoisotopic (exact) mass is 438 g/mol. The second-order valence-electron chi connectivity index (χ2n) is 8.63. The van der Waals surface area contributed by atoms with E-state index in [0.29, 0.717) is 31.9 Å². The number of anilines is 1. The molecule has 1 fully saturated rings. The fourth-order valence-electron chi connectivity index (χ4n) is 3.54. The van der Waals surface area contributed by atoms with E-state index < -0.39 is 11.6 Å². The number of benzene rings is 1. The molecule has 3 aromatic rings. The second kappa shape index (κ2) is 8.41. The summed E-state index contributed by atoms with van der Waals surface area (Å²) < 4.78 is 11.4. The number of rotatable bonds is 4. The molecule has 1 amide bonds. The normalized spacial score (nSPS) is 14.5. The van der Waals surface area contributed by atoms with Crippen LogP contribution in [-0.2, 0) is 4.74 Å². The summed E-state index contributed by atoms with van der Waals surface area (Å²) in [7, 11) is 0. The maximum atomic E-state index is 12.3. The van der Waals surface area contributed by atoms with Crippen LogP contribution < -0.4 is 9.64 Å². The Labute approximate surface area is 185 Å². The summed E-state index contributed by atoms with van der Waals surface area (Å²) in [4.78, 5) is 35.1. The van der Waals surface area contributed by atoms with Crippen LogP contribution >= 0.6 is 0 Å². The van der Waals surface area contributed by atoms with Gasteiger partial charge in [-0.15, -0.1) is 0 Å². The van der Waals surface area contributed by atoms with E-state index in [9.17, 15) is 14.7 Å². The number of hydrogen-bond donors (Lipinski definition) is 2. The molecule has 9 nitrogen and oxygen atoms in total. The molecule has 0 spiro atoms. The van der Waals surface area contributed by atoms with Crippen molar-refractivity contribution < 1.29 is 24.2 Å². The van der Waals surface area contributed by atoms with Crippen LogP contribution in [0.2, 0.25) is 0 Å². The summed E-state index contributed by atoms with van der Waals surface area (Å²) in [5.41, 5.74) is 1.08. The maximum absolute atomic E-state index is 12.3. The van der Waals surface area contributed by atoms with Crippen molar-refractivity contribution in [2.45, 2.75) is 26.4 Å². The lowest BCUT2D eigenvalue weighted by Crippen LogP contribution is -2.50. The molecule has 3 heterocycles. The maximum Gasteiger partial charge on any atom is 0.410 e. The zero-order chi connectivity index (χ0) is 22.9. The van der Waals surface area contributed by atoms with Crippen molar-refractivity contribution in [2.75, 3.05) is 31.1 Å². The van der Waals surface area contributed by atoms with Crippen molar-refractivity contribution >= 4 is 28.8 Å². The van der Waals surface area contributed by atoms with Crippen molar-refractivity contribution in [3.05, 3.63) is 48.3 Å². The van der Waals surface area contributed by atoms with Crippen molar-refractivity contribution in [1.29, 1.82) is 0 Å². The van der Waals surface area contributed by atoms with Crippen molar-refractivity contribution in [3.63, 3.8) is 0 Å². The summed E-state index contributed by atoms with van der Waals surface area (Å²) in [6.07, 6.45) is 3.01. The van der Waals surface area contributed by atoms with E-state index in [-0.39, 0.29) is 17.4 Å². The Morgan fingerprint density at radius 1 is 1.09 bits per heavy atom. The van der Waals surface area contributed by atoms with E-state index >= 15 is 0 Å². The van der Waals surface area contributed by atoms with Gasteiger partial charge in [-0.3, -0.25) is 0 Å². The van der Waals surface area contributed by atoms with E-state index in [1.54, 1.807) is 35.5 Å². The molecule has 32 heavy (non-hydrogen) atoms. The largest absolute Gasteiger partial charge is 0.478 e. The van der Waals surface area contributed by atoms with Crippen molar-refractivity contribution in [3.8, 4) is 11.5 Å². The fourth-order valence-corrected chi connectivity index (χ4v) is 3.54. The van der Waals surface area contributed by atoms with Gasteiger partial charge in [0.2, 0.25) is 0 Å². The van der Waals surface area contributed by atoms with Crippen LogP contribution in [0.1, 0.15) is 31.1 Å². The third-order valence-corrected chi connectivity index (χ3v) is 5.09. The van der Waals surface area contributed by atoms with Gasteiger partial charge in [-0.25, -0.2) is 14.6 Å². The van der Waals surface area contributed by atoms with E-state index in [1.165, 1.54) is 6.07 Å². The van der Waals surface area contributed by atoms with Gasteiger partial charge in [-0.05, 0) is 45.0 Å². The van der Waals surface area contributed by atoms with Gasteiger partial charge < -0.3 is 29.4 Å². The van der Waals surface area contributed by atoms with Gasteiger partial charge in [0.1, 0.15) is 28.3 Å². The molecule has 0 unspecified atom stereocenters. The standard InChI is InChI=1S/C23H26N4O5/c1-23(2,3)32-22(30)27-10-8-26(9-11-27)16-4-5-18(21(28)29)19(13-16)31-17-12-15-6-7-24-20(15)25-14-17/h4-7,12-14H,8-11H2,1-3H3,(H,24,25)(H,28,29). The molecular formula is C23H26N4O5. The quantitative estimate of drug-likeness (QED) is 0.631. The number of carbonyl (C=O) groups is 2. The molecule has 0 bridgehead atoms. The minimum Gasteiger partial charge on any atom is -0.478 e. The zero-order valence-electron chi connectivity index (χ0n) is 18.3. The Morgan fingerprint density at radius 2 is 1.84 bits per heavy atom. The van der Waals surface area contributed by atoms with E-state index in [1.807, 2.05) is 26.8 Å². The van der Waals surface area contributed by atoms with Gasteiger partial charge in [0.25, 0.3) is 0 Å². The average molecular weight is 438 g/mol. The first-order valence-corrected chi connectivity index (χ1v) is 10.4. The van der Waals surface area contributed by atoms with Crippen LogP contribution in [0.4, 0.5) is 10.5 Å². The Balaban J connectivity index is 1.50. The molecule has 1 aliphatic rings. The molecule has 1 aromatic carbocycles. The summed E-state index contributed by atoms with van der Waals surface area (Å²) in [6.45, 7) is 7.76. The number of hydrogen-bond acceptors (Lipinski definition) is 6. The highest BCUT2D eigenvalue weighted by atomic mass is 16.6.